The van der Waals surface area contributed by atoms with Crippen LogP contribution in [0.25, 0.3) is 0 Å². The minimum absolute atomic E-state index is 0.104. The summed E-state index contributed by atoms with van der Waals surface area (Å²) in [6.07, 6.45) is 1.16. The number of β-amino-alcohol motifs (C(OH)–C–C–N with tert-alkyl or cyclic N) is 1. The fourth-order valence-corrected chi connectivity index (χ4v) is 3.02. The molecule has 0 atom stereocenters. The molecule has 1 amide bonds. The Morgan fingerprint density at radius 3 is 2.67 bits per heavy atom. The topological polar surface area (TPSA) is 49.8 Å². The number of benzene rings is 1. The van der Waals surface area contributed by atoms with Crippen LogP contribution in [0.4, 0.5) is 0 Å². The van der Waals surface area contributed by atoms with Crippen molar-refractivity contribution in [1.82, 2.24) is 4.90 Å². The summed E-state index contributed by atoms with van der Waals surface area (Å²) in [4.78, 5) is 13.8. The van der Waals surface area contributed by atoms with Crippen LogP contribution in [0, 0.1) is 5.92 Å². The van der Waals surface area contributed by atoms with Crippen LogP contribution < -0.4 is 4.74 Å². The second-order valence-corrected chi connectivity index (χ2v) is 6.83. The third-order valence-electron chi connectivity index (χ3n) is 4.20. The van der Waals surface area contributed by atoms with E-state index in [1.54, 1.807) is 12.0 Å². The Morgan fingerprint density at radius 2 is 2.14 bits per heavy atom. The Balaban J connectivity index is 1.84. The van der Waals surface area contributed by atoms with Gasteiger partial charge in [0.05, 0.1) is 24.7 Å². The van der Waals surface area contributed by atoms with Crippen LogP contribution in [0.2, 0.25) is 0 Å². The van der Waals surface area contributed by atoms with Crippen molar-refractivity contribution in [2.75, 3.05) is 20.2 Å². The Kier molecular flexibility index (Phi) is 4.94. The van der Waals surface area contributed by atoms with E-state index in [2.05, 4.69) is 15.9 Å². The Hall–Kier alpha value is -1.07. The van der Waals surface area contributed by atoms with Gasteiger partial charge in [-0.15, -0.1) is 0 Å². The molecule has 5 heteroatoms. The smallest absolute Gasteiger partial charge is 0.223 e. The molecule has 1 fully saturated rings. The second kappa shape index (κ2) is 6.36. The van der Waals surface area contributed by atoms with Crippen LogP contribution in [0.1, 0.15) is 25.8 Å². The summed E-state index contributed by atoms with van der Waals surface area (Å²) in [5, 5.41) is 10.2. The summed E-state index contributed by atoms with van der Waals surface area (Å²) >= 11 is 3.45. The zero-order valence-electron chi connectivity index (χ0n) is 12.7. The third kappa shape index (κ3) is 3.58. The van der Waals surface area contributed by atoms with E-state index in [0.29, 0.717) is 25.9 Å². The molecular formula is C16H22BrNO3. The lowest BCUT2D eigenvalue weighted by atomic mass is 9.83. The van der Waals surface area contributed by atoms with Gasteiger partial charge >= 0.3 is 0 Å². The van der Waals surface area contributed by atoms with Crippen molar-refractivity contribution in [2.45, 2.75) is 32.3 Å². The van der Waals surface area contributed by atoms with Gasteiger partial charge < -0.3 is 14.7 Å². The number of hydrogen-bond acceptors (Lipinski definition) is 3. The maximum Gasteiger partial charge on any atom is 0.223 e. The Bertz CT molecular complexity index is 524. The predicted molar refractivity (Wildman–Crippen MR) is 85.4 cm³/mol. The first kappa shape index (κ1) is 16.3. The number of methoxy groups -OCH3 is 1. The average molecular weight is 356 g/mol. The van der Waals surface area contributed by atoms with E-state index in [1.165, 1.54) is 0 Å². The predicted octanol–water partition coefficient (Wildman–Crippen LogP) is 2.62. The molecular weight excluding hydrogens is 334 g/mol. The number of rotatable bonds is 5. The highest BCUT2D eigenvalue weighted by Gasteiger charge is 2.45. The van der Waals surface area contributed by atoms with E-state index in [1.807, 2.05) is 32.0 Å². The molecule has 21 heavy (non-hydrogen) atoms. The van der Waals surface area contributed by atoms with Crippen LogP contribution in [0.15, 0.2) is 22.7 Å². The van der Waals surface area contributed by atoms with Gasteiger partial charge in [-0.05, 0) is 46.0 Å². The van der Waals surface area contributed by atoms with E-state index in [0.717, 1.165) is 15.8 Å². The first-order valence-electron chi connectivity index (χ1n) is 7.18. The zero-order valence-corrected chi connectivity index (χ0v) is 14.3. The summed E-state index contributed by atoms with van der Waals surface area (Å²) in [7, 11) is 1.63. The molecule has 0 saturated carbocycles. The van der Waals surface area contributed by atoms with E-state index < -0.39 is 5.60 Å². The largest absolute Gasteiger partial charge is 0.496 e. The standard InChI is InChI=1S/C16H22BrNO3/c1-11(2)16(20)9-18(10-16)15(19)7-5-12-4-6-14(21-3)13(17)8-12/h4,6,8,11,20H,5,7,9-10H2,1-3H3. The summed E-state index contributed by atoms with van der Waals surface area (Å²) in [5.41, 5.74) is 0.398. The quantitative estimate of drug-likeness (QED) is 0.883. The molecule has 1 aromatic rings. The number of carbonyl (C=O) groups excluding carboxylic acids is 1. The molecule has 0 spiro atoms. The van der Waals surface area contributed by atoms with Gasteiger partial charge in [-0.3, -0.25) is 4.79 Å². The summed E-state index contributed by atoms with van der Waals surface area (Å²) in [6.45, 7) is 4.87. The van der Waals surface area contributed by atoms with Crippen molar-refractivity contribution in [3.63, 3.8) is 0 Å². The lowest BCUT2D eigenvalue weighted by Gasteiger charge is -2.49. The molecule has 2 rings (SSSR count). The minimum atomic E-state index is -0.696. The van der Waals surface area contributed by atoms with Crippen LogP contribution in [-0.4, -0.2) is 41.7 Å². The lowest BCUT2D eigenvalue weighted by Crippen LogP contribution is -2.65. The van der Waals surface area contributed by atoms with E-state index >= 15 is 0 Å². The van der Waals surface area contributed by atoms with Crippen molar-refractivity contribution in [3.8, 4) is 5.75 Å². The minimum Gasteiger partial charge on any atom is -0.496 e. The molecule has 1 aromatic carbocycles. The SMILES string of the molecule is COc1ccc(CCC(=O)N2CC(O)(C(C)C)C2)cc1Br. The number of nitrogens with zero attached hydrogens (tertiary/aromatic N) is 1. The number of aliphatic hydroxyl groups is 1. The van der Waals surface area contributed by atoms with Crippen molar-refractivity contribution < 1.29 is 14.6 Å². The van der Waals surface area contributed by atoms with Gasteiger partial charge in [0, 0.05) is 6.42 Å². The molecule has 1 saturated heterocycles. The van der Waals surface area contributed by atoms with Crippen LogP contribution in [0.5, 0.6) is 5.75 Å². The highest BCUT2D eigenvalue weighted by molar-refractivity contribution is 9.10. The van der Waals surface area contributed by atoms with Crippen LogP contribution >= 0.6 is 15.9 Å². The van der Waals surface area contributed by atoms with E-state index in [4.69, 9.17) is 4.74 Å². The molecule has 4 nitrogen and oxygen atoms in total. The monoisotopic (exact) mass is 355 g/mol. The Morgan fingerprint density at radius 1 is 1.48 bits per heavy atom. The number of amides is 1. The van der Waals surface area contributed by atoms with Gasteiger partial charge in [0.25, 0.3) is 0 Å². The molecule has 1 N–H and O–H groups in total. The highest BCUT2D eigenvalue weighted by atomic mass is 79.9. The number of hydrogen-bond donors (Lipinski definition) is 1. The second-order valence-electron chi connectivity index (χ2n) is 5.98. The van der Waals surface area contributed by atoms with Crippen molar-refractivity contribution in [2.24, 2.45) is 5.92 Å². The van der Waals surface area contributed by atoms with Crippen molar-refractivity contribution >= 4 is 21.8 Å². The zero-order chi connectivity index (χ0) is 15.6. The summed E-state index contributed by atoms with van der Waals surface area (Å²) in [5.74, 6) is 1.07. The van der Waals surface area contributed by atoms with Gasteiger partial charge in [0.2, 0.25) is 5.91 Å². The fraction of sp³-hybridized carbons (Fsp3) is 0.562. The normalized spacial score (nSPS) is 16.8. The first-order valence-corrected chi connectivity index (χ1v) is 7.97. The molecule has 1 aliphatic rings. The fourth-order valence-electron chi connectivity index (χ4n) is 2.43. The summed E-state index contributed by atoms with van der Waals surface area (Å²) in [6, 6.07) is 5.84. The van der Waals surface area contributed by atoms with Gasteiger partial charge in [0.1, 0.15) is 11.4 Å². The van der Waals surface area contributed by atoms with Gasteiger partial charge in [-0.2, -0.15) is 0 Å². The lowest BCUT2D eigenvalue weighted by molar-refractivity contribution is -0.163. The van der Waals surface area contributed by atoms with Gasteiger partial charge in [-0.25, -0.2) is 0 Å². The molecule has 0 radical (unpaired) electrons. The summed E-state index contributed by atoms with van der Waals surface area (Å²) < 4.78 is 6.08. The third-order valence-corrected chi connectivity index (χ3v) is 4.82. The molecule has 116 valence electrons. The number of ether oxygens (including phenoxy) is 1. The number of halogens is 1. The van der Waals surface area contributed by atoms with E-state index in [9.17, 15) is 9.90 Å². The first-order chi connectivity index (χ1) is 9.85. The molecule has 0 aliphatic carbocycles. The van der Waals surface area contributed by atoms with Crippen molar-refractivity contribution in [1.29, 1.82) is 0 Å². The molecule has 0 aromatic heterocycles. The molecule has 1 heterocycles. The van der Waals surface area contributed by atoms with Gasteiger partial charge in [-0.1, -0.05) is 19.9 Å². The van der Waals surface area contributed by atoms with Gasteiger partial charge in [0.15, 0.2) is 0 Å². The van der Waals surface area contributed by atoms with Crippen molar-refractivity contribution in [3.05, 3.63) is 28.2 Å². The highest BCUT2D eigenvalue weighted by Crippen LogP contribution is 2.30. The van der Waals surface area contributed by atoms with Crippen LogP contribution in [-0.2, 0) is 11.2 Å². The number of aryl methyl sites for hydroxylation is 1. The van der Waals surface area contributed by atoms with E-state index in [-0.39, 0.29) is 11.8 Å². The molecule has 0 unspecified atom stereocenters. The average Bonchev–Trinajstić information content (AvgIpc) is 2.41. The maximum absolute atomic E-state index is 12.1. The maximum atomic E-state index is 12.1. The van der Waals surface area contributed by atoms with Crippen LogP contribution in [0.3, 0.4) is 0 Å². The number of likely N-dealkylation sites (tertiary alicyclic amines) is 1. The Labute approximate surface area is 134 Å². The molecule has 1 aliphatic heterocycles. The molecule has 0 bridgehead atoms. The number of carbonyl (C=O) groups is 1.